The molecule has 0 spiro atoms. The predicted octanol–water partition coefficient (Wildman–Crippen LogP) is 8.71. The molecule has 13 heteroatoms. The number of carboxylic acids is 1. The van der Waals surface area contributed by atoms with Crippen molar-refractivity contribution >= 4 is 28.3 Å². The molecule has 54 heavy (non-hydrogen) atoms. The number of ether oxygens (including phenoxy) is 3. The number of alkyl halides is 3. The summed E-state index contributed by atoms with van der Waals surface area (Å²) in [6, 6.07) is 18.7. The summed E-state index contributed by atoms with van der Waals surface area (Å²) in [4.78, 5) is 24.3. The molecule has 1 heterocycles. The molecule has 0 radical (unpaired) electrons. The van der Waals surface area contributed by atoms with E-state index in [1.807, 2.05) is 36.4 Å². The number of aryl methyl sites for hydroxylation is 2. The van der Waals surface area contributed by atoms with Crippen LogP contribution in [0.2, 0.25) is 0 Å². The van der Waals surface area contributed by atoms with E-state index in [2.05, 4.69) is 17.0 Å². The molecule has 0 atom stereocenters. The number of hydrogen-bond acceptors (Lipinski definition) is 7. The zero-order chi connectivity index (χ0) is 39.8. The molecule has 5 rings (SSSR count). The lowest BCUT2D eigenvalue weighted by Crippen LogP contribution is -2.32. The van der Waals surface area contributed by atoms with Crippen molar-refractivity contribution in [3.63, 3.8) is 0 Å². The third-order valence-electron chi connectivity index (χ3n) is 8.81. The van der Waals surface area contributed by atoms with Crippen LogP contribution < -0.4 is 20.9 Å². The largest absolute Gasteiger partial charge is 0.496 e. The van der Waals surface area contributed by atoms with Gasteiger partial charge in [0.25, 0.3) is 5.91 Å². The molecule has 1 saturated heterocycles. The van der Waals surface area contributed by atoms with Crippen molar-refractivity contribution in [2.45, 2.75) is 71.6 Å². The van der Waals surface area contributed by atoms with Gasteiger partial charge in [0.1, 0.15) is 17.3 Å². The first kappa shape index (κ1) is 43.5. The SMILES string of the molecule is CCCC(F)(F)F.COc1cc(COCCN2CCCCC2)cc(OC)c1-c1cccc2c(CCC(=O)O)cccc12.Cc1cc(N)cc(F)c1C(N)=O. The van der Waals surface area contributed by atoms with E-state index in [-0.39, 0.29) is 24.1 Å². The molecule has 1 aliphatic rings. The molecule has 294 valence electrons. The maximum Gasteiger partial charge on any atom is 0.389 e. The van der Waals surface area contributed by atoms with Crippen LogP contribution in [0.5, 0.6) is 11.5 Å². The molecule has 1 fully saturated rings. The van der Waals surface area contributed by atoms with E-state index in [9.17, 15) is 27.2 Å². The predicted molar refractivity (Wildman–Crippen MR) is 203 cm³/mol. The van der Waals surface area contributed by atoms with Crippen LogP contribution in [0.1, 0.15) is 72.5 Å². The number of nitrogen functional groups attached to an aromatic ring is 1. The van der Waals surface area contributed by atoms with Crippen molar-refractivity contribution < 1.29 is 46.5 Å². The first-order chi connectivity index (χ1) is 25.7. The number of anilines is 1. The molecule has 9 nitrogen and oxygen atoms in total. The average molecular weight is 758 g/mol. The van der Waals surface area contributed by atoms with E-state index < -0.39 is 30.3 Å². The van der Waals surface area contributed by atoms with Crippen LogP contribution in [0, 0.1) is 12.7 Å². The van der Waals surface area contributed by atoms with Gasteiger partial charge in [-0.15, -0.1) is 0 Å². The second kappa shape index (κ2) is 21.1. The van der Waals surface area contributed by atoms with Crippen LogP contribution in [0.3, 0.4) is 0 Å². The highest BCUT2D eigenvalue weighted by molar-refractivity contribution is 6.01. The number of nitrogens with two attached hydrogens (primary N) is 2. The van der Waals surface area contributed by atoms with Gasteiger partial charge in [-0.3, -0.25) is 9.59 Å². The zero-order valence-corrected chi connectivity index (χ0v) is 31.4. The van der Waals surface area contributed by atoms with E-state index in [4.69, 9.17) is 30.8 Å². The maximum absolute atomic E-state index is 13.0. The number of fused-ring (bicyclic) bond motifs is 1. The van der Waals surface area contributed by atoms with Gasteiger partial charge in [0, 0.05) is 25.1 Å². The van der Waals surface area contributed by atoms with Gasteiger partial charge in [0.2, 0.25) is 0 Å². The lowest BCUT2D eigenvalue weighted by atomic mass is 9.92. The number of piperidine rings is 1. The smallest absolute Gasteiger partial charge is 0.389 e. The van der Waals surface area contributed by atoms with Crippen LogP contribution in [0.4, 0.5) is 23.2 Å². The van der Waals surface area contributed by atoms with Crippen molar-refractivity contribution in [3.05, 3.63) is 88.7 Å². The third-order valence-corrected chi connectivity index (χ3v) is 8.81. The lowest BCUT2D eigenvalue weighted by molar-refractivity contribution is -0.137. The Morgan fingerprint density at radius 3 is 2.09 bits per heavy atom. The molecule has 0 aromatic heterocycles. The van der Waals surface area contributed by atoms with Gasteiger partial charge in [-0.2, -0.15) is 13.2 Å². The quantitative estimate of drug-likeness (QED) is 0.0700. The van der Waals surface area contributed by atoms with Crippen LogP contribution >= 0.6 is 0 Å². The summed E-state index contributed by atoms with van der Waals surface area (Å²) in [5, 5.41) is 11.2. The van der Waals surface area contributed by atoms with E-state index in [1.54, 1.807) is 21.1 Å². The number of carboxylic acid groups (broad SMARTS) is 1. The van der Waals surface area contributed by atoms with E-state index in [0.29, 0.717) is 25.2 Å². The number of rotatable bonds is 13. The maximum atomic E-state index is 13.0. The second-order valence-corrected chi connectivity index (χ2v) is 13.0. The van der Waals surface area contributed by atoms with E-state index in [0.717, 1.165) is 57.1 Å². The van der Waals surface area contributed by atoms with Crippen LogP contribution in [-0.2, 0) is 22.6 Å². The standard InChI is InChI=1S/C29H35NO5.C8H9FN2O.C4H7F3/c1-33-26-18-21(20-35-17-16-30-14-4-3-5-15-30)19-27(34-2)29(26)25-11-7-9-23-22(12-13-28(31)32)8-6-10-24(23)25;1-4-2-5(10)3-6(9)7(4)8(11)12;1-2-3-4(5,6)7/h6-11,18-19H,3-5,12-17,20H2,1-2H3,(H,31,32);2-3H,10H2,1H3,(H2,11,12);2-3H2,1H3. The number of likely N-dealkylation sites (tertiary alicyclic amines) is 1. The van der Waals surface area contributed by atoms with Crippen LogP contribution in [-0.4, -0.2) is 68.5 Å². The molecule has 4 aromatic carbocycles. The Bertz CT molecular complexity index is 1800. The first-order valence-corrected chi connectivity index (χ1v) is 17.9. The normalized spacial score (nSPS) is 13.0. The molecule has 1 amide bonds. The molecular formula is C41H51F4N3O6. The number of benzene rings is 4. The van der Waals surface area contributed by atoms with Crippen molar-refractivity contribution in [1.29, 1.82) is 0 Å². The number of carbonyl (C=O) groups is 2. The Morgan fingerprint density at radius 1 is 0.926 bits per heavy atom. The fourth-order valence-electron chi connectivity index (χ4n) is 6.30. The number of methoxy groups -OCH3 is 2. The van der Waals surface area contributed by atoms with Crippen molar-refractivity contribution in [1.82, 2.24) is 4.90 Å². The Hall–Kier alpha value is -4.88. The highest BCUT2D eigenvalue weighted by atomic mass is 19.4. The van der Waals surface area contributed by atoms with Gasteiger partial charge in [0.15, 0.2) is 0 Å². The van der Waals surface area contributed by atoms with Gasteiger partial charge in [0.05, 0.1) is 38.6 Å². The molecular weight excluding hydrogens is 706 g/mol. The minimum absolute atomic E-state index is 0.0933. The molecule has 0 saturated carbocycles. The monoisotopic (exact) mass is 757 g/mol. The molecule has 0 aliphatic carbocycles. The van der Waals surface area contributed by atoms with Gasteiger partial charge in [-0.25, -0.2) is 4.39 Å². The zero-order valence-electron chi connectivity index (χ0n) is 31.4. The summed E-state index contributed by atoms with van der Waals surface area (Å²) in [5.74, 6) is -0.787. The Labute approximate surface area is 314 Å². The average Bonchev–Trinajstić information content (AvgIpc) is 3.11. The number of nitrogens with zero attached hydrogens (tertiary/aromatic N) is 1. The number of aliphatic carboxylic acids is 1. The van der Waals surface area contributed by atoms with Crippen molar-refractivity contribution in [2.75, 3.05) is 46.2 Å². The number of amides is 1. The summed E-state index contributed by atoms with van der Waals surface area (Å²) < 4.78 is 63.8. The Morgan fingerprint density at radius 2 is 1.56 bits per heavy atom. The van der Waals surface area contributed by atoms with Crippen LogP contribution in [0.15, 0.2) is 60.7 Å². The number of halogens is 4. The molecule has 4 aromatic rings. The minimum atomic E-state index is -3.95. The van der Waals surface area contributed by atoms with E-state index >= 15 is 0 Å². The van der Waals surface area contributed by atoms with E-state index in [1.165, 1.54) is 45.3 Å². The summed E-state index contributed by atoms with van der Waals surface area (Å²) in [7, 11) is 3.34. The van der Waals surface area contributed by atoms with Gasteiger partial charge >= 0.3 is 12.1 Å². The highest BCUT2D eigenvalue weighted by Crippen LogP contribution is 2.43. The molecule has 0 unspecified atom stereocenters. The van der Waals surface area contributed by atoms with Gasteiger partial charge in [-0.1, -0.05) is 49.7 Å². The fourth-order valence-corrected chi connectivity index (χ4v) is 6.30. The summed E-state index contributed by atoms with van der Waals surface area (Å²) in [5.41, 5.74) is 14.8. The lowest BCUT2D eigenvalue weighted by Gasteiger charge is -2.26. The summed E-state index contributed by atoms with van der Waals surface area (Å²) in [6.45, 7) is 7.59. The fraction of sp³-hybridized carbons (Fsp3) is 0.415. The molecule has 0 bridgehead atoms. The second-order valence-electron chi connectivity index (χ2n) is 13.0. The molecule has 1 aliphatic heterocycles. The van der Waals surface area contributed by atoms with Crippen molar-refractivity contribution in [2.24, 2.45) is 5.73 Å². The van der Waals surface area contributed by atoms with Crippen molar-refractivity contribution in [3.8, 4) is 22.6 Å². The number of hydrogen-bond donors (Lipinski definition) is 3. The topological polar surface area (TPSA) is 137 Å². The van der Waals surface area contributed by atoms with Crippen LogP contribution in [0.25, 0.3) is 21.9 Å². The minimum Gasteiger partial charge on any atom is -0.496 e. The molecule has 5 N–H and O–H groups in total. The Kier molecular flexibility index (Phi) is 17.0. The van der Waals surface area contributed by atoms with Gasteiger partial charge in [-0.05, 0) is 103 Å². The highest BCUT2D eigenvalue weighted by Gasteiger charge is 2.24. The Balaban J connectivity index is 0.000000338. The number of carbonyl (C=O) groups excluding carboxylic acids is 1. The van der Waals surface area contributed by atoms with Gasteiger partial charge < -0.3 is 35.7 Å². The number of primary amides is 1. The summed E-state index contributed by atoms with van der Waals surface area (Å²) >= 11 is 0. The third kappa shape index (κ3) is 13.2. The summed E-state index contributed by atoms with van der Waals surface area (Å²) in [6.07, 6.45) is 0.0611. The first-order valence-electron chi connectivity index (χ1n) is 17.9.